The largest absolute Gasteiger partial charge is 0.379 e. The van der Waals surface area contributed by atoms with Crippen molar-refractivity contribution in [3.05, 3.63) is 0 Å². The molecule has 0 saturated carbocycles. The molecule has 0 aromatic rings. The maximum absolute atomic E-state index is 11.9. The van der Waals surface area contributed by atoms with Gasteiger partial charge < -0.3 is 14.4 Å². The van der Waals surface area contributed by atoms with E-state index in [1.165, 1.54) is 32.2 Å². The van der Waals surface area contributed by atoms with Crippen molar-refractivity contribution in [3.63, 3.8) is 0 Å². The molecule has 2 atom stereocenters. The zero-order chi connectivity index (χ0) is 16.3. The maximum atomic E-state index is 11.9. The monoisotopic (exact) mass is 346 g/mol. The molecule has 0 spiro atoms. The van der Waals surface area contributed by atoms with E-state index in [0.29, 0.717) is 19.7 Å². The van der Waals surface area contributed by atoms with Crippen molar-refractivity contribution in [2.45, 2.75) is 38.2 Å². The predicted octanol–water partition coefficient (Wildman–Crippen LogP) is 0.930. The van der Waals surface area contributed by atoms with Crippen LogP contribution in [0.4, 0.5) is 0 Å². The van der Waals surface area contributed by atoms with Gasteiger partial charge in [0.1, 0.15) is 0 Å². The molecule has 3 rings (SSSR count). The molecule has 7 heteroatoms. The number of sulfonamides is 1. The molecule has 0 N–H and O–H groups in total. The average molecular weight is 346 g/mol. The van der Waals surface area contributed by atoms with E-state index in [4.69, 9.17) is 9.47 Å². The molecule has 2 unspecified atom stereocenters. The topological polar surface area (TPSA) is 59.1 Å². The fourth-order valence-electron chi connectivity index (χ4n) is 4.22. The molecule has 3 heterocycles. The van der Waals surface area contributed by atoms with Crippen LogP contribution < -0.4 is 0 Å². The SMILES string of the molecule is CS(=O)(=O)N1CCC2OCCCC2(COCCN2CCCC2)C1. The summed E-state index contributed by atoms with van der Waals surface area (Å²) < 4.78 is 37.5. The lowest BCUT2D eigenvalue weighted by Crippen LogP contribution is -2.57. The summed E-state index contributed by atoms with van der Waals surface area (Å²) in [6.07, 6.45) is 6.80. The average Bonchev–Trinajstić information content (AvgIpc) is 3.03. The third-order valence-corrected chi connectivity index (χ3v) is 6.81. The number of fused-ring (bicyclic) bond motifs is 1. The van der Waals surface area contributed by atoms with Crippen molar-refractivity contribution < 1.29 is 17.9 Å². The molecule has 0 aromatic carbocycles. The Bertz CT molecular complexity index is 492. The van der Waals surface area contributed by atoms with Gasteiger partial charge in [-0.25, -0.2) is 12.7 Å². The van der Waals surface area contributed by atoms with Crippen LogP contribution in [0.1, 0.15) is 32.1 Å². The second kappa shape index (κ2) is 7.35. The normalized spacial score (nSPS) is 33.7. The molecule has 6 nitrogen and oxygen atoms in total. The lowest BCUT2D eigenvalue weighted by atomic mass is 9.73. The highest BCUT2D eigenvalue weighted by Gasteiger charge is 2.47. The minimum atomic E-state index is -3.14. The summed E-state index contributed by atoms with van der Waals surface area (Å²) in [5, 5.41) is 0. The van der Waals surface area contributed by atoms with Gasteiger partial charge in [0.15, 0.2) is 0 Å². The third kappa shape index (κ3) is 4.25. The summed E-state index contributed by atoms with van der Waals surface area (Å²) >= 11 is 0. The Morgan fingerprint density at radius 2 is 2.00 bits per heavy atom. The van der Waals surface area contributed by atoms with Gasteiger partial charge in [0.2, 0.25) is 10.0 Å². The second-order valence-electron chi connectivity index (χ2n) is 7.31. The fraction of sp³-hybridized carbons (Fsp3) is 1.00. The lowest BCUT2D eigenvalue weighted by Gasteiger charge is -2.49. The Morgan fingerprint density at radius 1 is 1.22 bits per heavy atom. The van der Waals surface area contributed by atoms with E-state index < -0.39 is 10.0 Å². The minimum absolute atomic E-state index is 0.140. The molecule has 0 radical (unpaired) electrons. The van der Waals surface area contributed by atoms with E-state index in [1.807, 2.05) is 0 Å². The van der Waals surface area contributed by atoms with Crippen LogP contribution >= 0.6 is 0 Å². The molecular formula is C16H30N2O4S. The van der Waals surface area contributed by atoms with Crippen molar-refractivity contribution in [2.75, 3.05) is 58.8 Å². The number of hydrogen-bond donors (Lipinski definition) is 0. The Labute approximate surface area is 140 Å². The van der Waals surface area contributed by atoms with Crippen LogP contribution in [0.25, 0.3) is 0 Å². The van der Waals surface area contributed by atoms with Crippen LogP contribution in [0, 0.1) is 5.41 Å². The van der Waals surface area contributed by atoms with Crippen LogP contribution in [0.3, 0.4) is 0 Å². The first-order valence-corrected chi connectivity index (χ1v) is 10.7. The van der Waals surface area contributed by atoms with Crippen LogP contribution in [0.2, 0.25) is 0 Å². The second-order valence-corrected chi connectivity index (χ2v) is 9.29. The highest BCUT2D eigenvalue weighted by molar-refractivity contribution is 7.88. The molecular weight excluding hydrogens is 316 g/mol. The summed E-state index contributed by atoms with van der Waals surface area (Å²) in [5.41, 5.74) is -0.162. The maximum Gasteiger partial charge on any atom is 0.211 e. The van der Waals surface area contributed by atoms with Gasteiger partial charge in [0, 0.05) is 31.7 Å². The highest BCUT2D eigenvalue weighted by Crippen LogP contribution is 2.41. The van der Waals surface area contributed by atoms with Crippen LogP contribution in [-0.4, -0.2) is 82.5 Å². The van der Waals surface area contributed by atoms with Crippen LogP contribution in [0.15, 0.2) is 0 Å². The molecule has 0 amide bonds. The molecule has 0 aliphatic carbocycles. The van der Waals surface area contributed by atoms with E-state index in [9.17, 15) is 8.42 Å². The van der Waals surface area contributed by atoms with E-state index in [2.05, 4.69) is 4.90 Å². The van der Waals surface area contributed by atoms with Gasteiger partial charge in [-0.15, -0.1) is 0 Å². The molecule has 0 bridgehead atoms. The van der Waals surface area contributed by atoms with E-state index >= 15 is 0 Å². The standard InChI is InChI=1S/C16H30N2O4S/c1-23(19,20)18-9-5-15-16(13-18,6-4-11-22-15)14-21-12-10-17-7-2-3-8-17/h15H,2-14H2,1H3. The first-order valence-electron chi connectivity index (χ1n) is 8.86. The minimum Gasteiger partial charge on any atom is -0.379 e. The molecule has 3 saturated heterocycles. The molecule has 134 valence electrons. The number of rotatable bonds is 6. The molecule has 23 heavy (non-hydrogen) atoms. The van der Waals surface area contributed by atoms with Crippen molar-refractivity contribution >= 4 is 10.0 Å². The smallest absolute Gasteiger partial charge is 0.211 e. The number of hydrogen-bond acceptors (Lipinski definition) is 5. The van der Waals surface area contributed by atoms with Gasteiger partial charge in [-0.05, 0) is 45.2 Å². The summed E-state index contributed by atoms with van der Waals surface area (Å²) in [7, 11) is -3.14. The molecule has 3 aliphatic rings. The van der Waals surface area contributed by atoms with Gasteiger partial charge in [-0.1, -0.05) is 0 Å². The molecule has 3 aliphatic heterocycles. The number of likely N-dealkylation sites (tertiary alicyclic amines) is 1. The van der Waals surface area contributed by atoms with Crippen molar-refractivity contribution in [3.8, 4) is 0 Å². The van der Waals surface area contributed by atoms with E-state index in [0.717, 1.165) is 39.0 Å². The lowest BCUT2D eigenvalue weighted by molar-refractivity contribution is -0.142. The zero-order valence-corrected chi connectivity index (χ0v) is 15.0. The van der Waals surface area contributed by atoms with E-state index in [-0.39, 0.29) is 11.5 Å². The first kappa shape index (κ1) is 17.6. The van der Waals surface area contributed by atoms with Gasteiger partial charge >= 0.3 is 0 Å². The number of nitrogens with zero attached hydrogens (tertiary/aromatic N) is 2. The summed E-state index contributed by atoms with van der Waals surface area (Å²) in [5.74, 6) is 0. The van der Waals surface area contributed by atoms with Crippen molar-refractivity contribution in [1.29, 1.82) is 0 Å². The van der Waals surface area contributed by atoms with E-state index in [1.54, 1.807) is 4.31 Å². The third-order valence-electron chi connectivity index (χ3n) is 5.56. The fourth-order valence-corrected chi connectivity index (χ4v) is 5.15. The quantitative estimate of drug-likeness (QED) is 0.670. The predicted molar refractivity (Wildman–Crippen MR) is 88.9 cm³/mol. The molecule has 3 fully saturated rings. The van der Waals surface area contributed by atoms with Crippen LogP contribution in [0.5, 0.6) is 0 Å². The van der Waals surface area contributed by atoms with Crippen molar-refractivity contribution in [2.24, 2.45) is 5.41 Å². The number of piperidine rings is 1. The van der Waals surface area contributed by atoms with Gasteiger partial charge in [0.05, 0.1) is 25.6 Å². The summed E-state index contributed by atoms with van der Waals surface area (Å²) in [4.78, 5) is 2.44. The zero-order valence-electron chi connectivity index (χ0n) is 14.2. The Hall–Kier alpha value is -0.210. The molecule has 0 aromatic heterocycles. The Balaban J connectivity index is 1.57. The number of ether oxygens (including phenoxy) is 2. The summed E-state index contributed by atoms with van der Waals surface area (Å²) in [6, 6.07) is 0. The highest BCUT2D eigenvalue weighted by atomic mass is 32.2. The summed E-state index contributed by atoms with van der Waals surface area (Å²) in [6.45, 7) is 6.59. The van der Waals surface area contributed by atoms with Gasteiger partial charge in [0.25, 0.3) is 0 Å². The van der Waals surface area contributed by atoms with Gasteiger partial charge in [-0.3, -0.25) is 0 Å². The first-order chi connectivity index (χ1) is 11.0. The Kier molecular flexibility index (Phi) is 5.63. The van der Waals surface area contributed by atoms with Crippen molar-refractivity contribution in [1.82, 2.24) is 9.21 Å². The Morgan fingerprint density at radius 3 is 2.74 bits per heavy atom. The van der Waals surface area contributed by atoms with Crippen LogP contribution in [-0.2, 0) is 19.5 Å². The van der Waals surface area contributed by atoms with Gasteiger partial charge in [-0.2, -0.15) is 0 Å².